The number of nitrogens with zero attached hydrogens (tertiary/aromatic N) is 2. The van der Waals surface area contributed by atoms with Crippen molar-refractivity contribution in [3.63, 3.8) is 0 Å². The lowest BCUT2D eigenvalue weighted by Gasteiger charge is -2.18. The van der Waals surface area contributed by atoms with E-state index in [1.807, 2.05) is 12.1 Å². The second-order valence-electron chi connectivity index (χ2n) is 7.07. The minimum atomic E-state index is 0.258. The summed E-state index contributed by atoms with van der Waals surface area (Å²) in [5.74, 6) is 2.06. The molecule has 3 rings (SSSR count). The molecule has 0 amide bonds. The summed E-state index contributed by atoms with van der Waals surface area (Å²) in [6.07, 6.45) is 3.74. The normalized spacial score (nSPS) is 16.2. The monoisotopic (exact) mass is 252 g/mol. The van der Waals surface area contributed by atoms with E-state index in [-0.39, 0.29) is 5.41 Å². The van der Waals surface area contributed by atoms with E-state index in [4.69, 9.17) is 12.8 Å². The van der Waals surface area contributed by atoms with Gasteiger partial charge >= 0.3 is 0 Å². The molecule has 0 N–H and O–H groups in total. The van der Waals surface area contributed by atoms with Gasteiger partial charge in [-0.1, -0.05) is 32.3 Å². The lowest BCUT2D eigenvalue weighted by Crippen LogP contribution is -2.15. The zero-order valence-corrected chi connectivity index (χ0v) is 12.1. The first-order chi connectivity index (χ1) is 8.92. The average Bonchev–Trinajstić information content (AvgIpc) is 3.02. The van der Waals surface area contributed by atoms with Crippen molar-refractivity contribution >= 4 is 24.3 Å². The third-order valence-electron chi connectivity index (χ3n) is 3.68. The molecule has 2 nitrogen and oxygen atoms in total. The standard InChI is InChI=1S/C16H21BN2/c1-16(2,3)9-15-18-13-8-12(17)6-7-14(13)19(15)10-11-4-5-11/h6-8,11H,4-5,9-10H2,1-3H3. The molecule has 0 saturated heterocycles. The first kappa shape index (κ1) is 12.8. The predicted molar refractivity (Wildman–Crippen MR) is 81.0 cm³/mol. The molecule has 0 atom stereocenters. The highest BCUT2D eigenvalue weighted by atomic mass is 15.1. The third kappa shape index (κ3) is 2.85. The van der Waals surface area contributed by atoms with E-state index in [9.17, 15) is 0 Å². The van der Waals surface area contributed by atoms with Crippen LogP contribution < -0.4 is 5.46 Å². The maximum absolute atomic E-state index is 5.87. The highest BCUT2D eigenvalue weighted by molar-refractivity contribution is 6.33. The van der Waals surface area contributed by atoms with Gasteiger partial charge in [-0.2, -0.15) is 0 Å². The maximum Gasteiger partial charge on any atom is 0.113 e. The van der Waals surface area contributed by atoms with Gasteiger partial charge in [0.15, 0.2) is 0 Å². The van der Waals surface area contributed by atoms with Crippen LogP contribution in [-0.2, 0) is 13.0 Å². The van der Waals surface area contributed by atoms with Crippen molar-refractivity contribution in [3.05, 3.63) is 24.0 Å². The Morgan fingerprint density at radius 2 is 2.05 bits per heavy atom. The fourth-order valence-corrected chi connectivity index (χ4v) is 2.57. The zero-order valence-electron chi connectivity index (χ0n) is 12.1. The molecule has 1 saturated carbocycles. The number of hydrogen-bond donors (Lipinski definition) is 0. The molecule has 2 radical (unpaired) electrons. The molecular weight excluding hydrogens is 231 g/mol. The number of imidazole rings is 1. The number of aromatic nitrogens is 2. The summed E-state index contributed by atoms with van der Waals surface area (Å²) in [6.45, 7) is 7.92. The third-order valence-corrected chi connectivity index (χ3v) is 3.68. The van der Waals surface area contributed by atoms with Crippen molar-refractivity contribution in [2.45, 2.75) is 46.6 Å². The second-order valence-corrected chi connectivity index (χ2v) is 7.07. The first-order valence-electron chi connectivity index (χ1n) is 7.17. The Balaban J connectivity index is 2.06. The van der Waals surface area contributed by atoms with Crippen LogP contribution in [0, 0.1) is 11.3 Å². The van der Waals surface area contributed by atoms with Gasteiger partial charge in [-0.3, -0.25) is 0 Å². The Bertz CT molecular complexity index is 603. The molecule has 1 aromatic carbocycles. The summed E-state index contributed by atoms with van der Waals surface area (Å²) < 4.78 is 2.41. The maximum atomic E-state index is 5.87. The summed E-state index contributed by atoms with van der Waals surface area (Å²) in [5.41, 5.74) is 3.33. The van der Waals surface area contributed by atoms with Crippen LogP contribution in [0.3, 0.4) is 0 Å². The van der Waals surface area contributed by atoms with Crippen LogP contribution in [0.2, 0.25) is 0 Å². The van der Waals surface area contributed by atoms with Crippen LogP contribution in [0.5, 0.6) is 0 Å². The van der Waals surface area contributed by atoms with Gasteiger partial charge in [0.05, 0.1) is 11.0 Å². The summed E-state index contributed by atoms with van der Waals surface area (Å²) in [5, 5.41) is 0. The minimum Gasteiger partial charge on any atom is -0.328 e. The summed E-state index contributed by atoms with van der Waals surface area (Å²) in [6, 6.07) is 6.09. The molecule has 1 aliphatic rings. The Labute approximate surface area is 116 Å². The number of benzene rings is 1. The summed E-state index contributed by atoms with van der Waals surface area (Å²) in [7, 11) is 5.87. The quantitative estimate of drug-likeness (QED) is 0.768. The van der Waals surface area contributed by atoms with E-state index in [0.29, 0.717) is 0 Å². The molecule has 19 heavy (non-hydrogen) atoms. The van der Waals surface area contributed by atoms with Gasteiger partial charge in [-0.15, -0.1) is 0 Å². The van der Waals surface area contributed by atoms with Gasteiger partial charge in [0.1, 0.15) is 13.7 Å². The highest BCUT2D eigenvalue weighted by Crippen LogP contribution is 2.33. The highest BCUT2D eigenvalue weighted by Gasteiger charge is 2.25. The SMILES string of the molecule is [B]c1ccc2c(c1)nc(CC(C)(C)C)n2CC1CC1. The number of rotatable bonds is 3. The van der Waals surface area contributed by atoms with Gasteiger partial charge in [0.25, 0.3) is 0 Å². The Kier molecular flexibility index (Phi) is 2.96. The molecule has 0 spiro atoms. The van der Waals surface area contributed by atoms with Crippen molar-refractivity contribution in [1.82, 2.24) is 9.55 Å². The van der Waals surface area contributed by atoms with Crippen molar-refractivity contribution in [2.75, 3.05) is 0 Å². The molecule has 0 bridgehead atoms. The van der Waals surface area contributed by atoms with Crippen molar-refractivity contribution in [2.24, 2.45) is 11.3 Å². The van der Waals surface area contributed by atoms with Crippen LogP contribution >= 0.6 is 0 Å². The van der Waals surface area contributed by atoms with E-state index in [0.717, 1.165) is 29.9 Å². The van der Waals surface area contributed by atoms with Crippen LogP contribution in [-0.4, -0.2) is 17.4 Å². The summed E-state index contributed by atoms with van der Waals surface area (Å²) >= 11 is 0. The van der Waals surface area contributed by atoms with E-state index in [2.05, 4.69) is 31.4 Å². The van der Waals surface area contributed by atoms with E-state index in [1.54, 1.807) is 0 Å². The Morgan fingerprint density at radius 3 is 2.68 bits per heavy atom. The molecule has 1 heterocycles. The number of hydrogen-bond acceptors (Lipinski definition) is 1. The minimum absolute atomic E-state index is 0.258. The van der Waals surface area contributed by atoms with Crippen LogP contribution in [0.15, 0.2) is 18.2 Å². The molecular formula is C16H21BN2. The second kappa shape index (κ2) is 4.40. The Morgan fingerprint density at radius 1 is 1.32 bits per heavy atom. The molecule has 2 aromatic rings. The molecule has 0 unspecified atom stereocenters. The predicted octanol–water partition coefficient (Wildman–Crippen LogP) is 2.83. The Hall–Kier alpha value is -1.25. The van der Waals surface area contributed by atoms with Crippen LogP contribution in [0.4, 0.5) is 0 Å². The van der Waals surface area contributed by atoms with E-state index in [1.165, 1.54) is 24.2 Å². The number of fused-ring (bicyclic) bond motifs is 1. The lowest BCUT2D eigenvalue weighted by molar-refractivity contribution is 0.391. The van der Waals surface area contributed by atoms with Crippen molar-refractivity contribution in [3.8, 4) is 0 Å². The molecule has 1 aliphatic carbocycles. The molecule has 3 heteroatoms. The average molecular weight is 252 g/mol. The largest absolute Gasteiger partial charge is 0.328 e. The smallest absolute Gasteiger partial charge is 0.113 e. The fraction of sp³-hybridized carbons (Fsp3) is 0.562. The van der Waals surface area contributed by atoms with Gasteiger partial charge in [0, 0.05) is 13.0 Å². The van der Waals surface area contributed by atoms with Crippen LogP contribution in [0.1, 0.15) is 39.4 Å². The molecule has 1 fully saturated rings. The van der Waals surface area contributed by atoms with E-state index < -0.39 is 0 Å². The van der Waals surface area contributed by atoms with Gasteiger partial charge in [0.2, 0.25) is 0 Å². The van der Waals surface area contributed by atoms with Gasteiger partial charge in [-0.05, 0) is 36.3 Å². The molecule has 0 aliphatic heterocycles. The molecule has 98 valence electrons. The topological polar surface area (TPSA) is 17.8 Å². The first-order valence-corrected chi connectivity index (χ1v) is 7.17. The van der Waals surface area contributed by atoms with Crippen molar-refractivity contribution < 1.29 is 0 Å². The van der Waals surface area contributed by atoms with Crippen molar-refractivity contribution in [1.29, 1.82) is 0 Å². The lowest BCUT2D eigenvalue weighted by atomic mass is 9.92. The zero-order chi connectivity index (χ0) is 13.6. The fourth-order valence-electron chi connectivity index (χ4n) is 2.57. The van der Waals surface area contributed by atoms with E-state index >= 15 is 0 Å². The summed E-state index contributed by atoms with van der Waals surface area (Å²) in [4.78, 5) is 4.82. The van der Waals surface area contributed by atoms with Gasteiger partial charge < -0.3 is 4.57 Å². The molecule has 1 aromatic heterocycles. The van der Waals surface area contributed by atoms with Crippen LogP contribution in [0.25, 0.3) is 11.0 Å². The van der Waals surface area contributed by atoms with Gasteiger partial charge in [-0.25, -0.2) is 4.98 Å².